The van der Waals surface area contributed by atoms with Gasteiger partial charge in [0.1, 0.15) is 5.82 Å². The summed E-state index contributed by atoms with van der Waals surface area (Å²) in [6, 6.07) is 4.80. The number of rotatable bonds is 5. The number of nitrogens with one attached hydrogen (secondary N) is 2. The van der Waals surface area contributed by atoms with Crippen molar-refractivity contribution in [3.05, 3.63) is 30.1 Å². The second-order valence-corrected chi connectivity index (χ2v) is 8.32. The molecule has 8 nitrogen and oxygen atoms in total. The molecule has 0 aromatic heterocycles. The van der Waals surface area contributed by atoms with Crippen LogP contribution in [0.2, 0.25) is 0 Å². The Morgan fingerprint density at radius 1 is 1.04 bits per heavy atom. The predicted octanol–water partition coefficient (Wildman–Crippen LogP) is 1.68. The molecular formula is C16H23FN4O4S. The number of halogens is 1. The molecule has 144 valence electrons. The first-order valence-corrected chi connectivity index (χ1v) is 10.1. The molecule has 0 saturated carbocycles. The van der Waals surface area contributed by atoms with Crippen molar-refractivity contribution in [3.63, 3.8) is 0 Å². The van der Waals surface area contributed by atoms with Gasteiger partial charge in [-0.1, -0.05) is 0 Å². The van der Waals surface area contributed by atoms with E-state index in [1.807, 2.05) is 0 Å². The van der Waals surface area contributed by atoms with Crippen molar-refractivity contribution in [3.8, 4) is 0 Å². The van der Waals surface area contributed by atoms with Gasteiger partial charge in [0.05, 0.1) is 6.10 Å². The maximum absolute atomic E-state index is 12.8. The number of urea groups is 1. The van der Waals surface area contributed by atoms with E-state index in [1.54, 1.807) is 0 Å². The van der Waals surface area contributed by atoms with Gasteiger partial charge >= 0.3 is 6.03 Å². The summed E-state index contributed by atoms with van der Waals surface area (Å²) in [4.78, 5) is 17.1. The summed E-state index contributed by atoms with van der Waals surface area (Å²) in [7, 11) is -3.38. The molecule has 2 heterocycles. The molecule has 0 unspecified atom stereocenters. The van der Waals surface area contributed by atoms with Crippen LogP contribution in [-0.4, -0.2) is 55.3 Å². The molecule has 2 aliphatic rings. The Bertz CT molecular complexity index is 714. The third-order valence-corrected chi connectivity index (χ3v) is 6.57. The molecule has 0 spiro atoms. The average molecular weight is 386 g/mol. The van der Waals surface area contributed by atoms with Crippen LogP contribution < -0.4 is 10.8 Å². The molecule has 3 rings (SSSR count). The molecular weight excluding hydrogens is 363 g/mol. The molecule has 2 aliphatic heterocycles. The van der Waals surface area contributed by atoms with Crippen LogP contribution in [0.25, 0.3) is 0 Å². The molecule has 10 heteroatoms. The Labute approximate surface area is 152 Å². The summed E-state index contributed by atoms with van der Waals surface area (Å²) in [5.74, 6) is -0.386. The van der Waals surface area contributed by atoms with Gasteiger partial charge in [-0.25, -0.2) is 14.7 Å². The quantitative estimate of drug-likeness (QED) is 0.754. The Morgan fingerprint density at radius 3 is 2.23 bits per heavy atom. The fourth-order valence-corrected chi connectivity index (χ4v) is 4.81. The first kappa shape index (κ1) is 19.0. The zero-order valence-electron chi connectivity index (χ0n) is 14.4. The van der Waals surface area contributed by atoms with E-state index in [0.29, 0.717) is 44.7 Å². The van der Waals surface area contributed by atoms with Crippen molar-refractivity contribution >= 4 is 21.9 Å². The van der Waals surface area contributed by atoms with E-state index >= 15 is 0 Å². The van der Waals surface area contributed by atoms with E-state index in [4.69, 9.17) is 4.84 Å². The van der Waals surface area contributed by atoms with Gasteiger partial charge in [0, 0.05) is 31.9 Å². The second kappa shape index (κ2) is 8.30. The van der Waals surface area contributed by atoms with E-state index in [0.717, 1.165) is 12.8 Å². The van der Waals surface area contributed by atoms with Crippen LogP contribution in [0.3, 0.4) is 0 Å². The smallest absolute Gasteiger partial charge is 0.306 e. The van der Waals surface area contributed by atoms with Gasteiger partial charge in [0.2, 0.25) is 0 Å². The molecule has 0 aliphatic carbocycles. The van der Waals surface area contributed by atoms with Crippen LogP contribution in [0, 0.1) is 5.82 Å². The summed E-state index contributed by atoms with van der Waals surface area (Å²) in [6.45, 7) is 1.91. The molecule has 2 saturated heterocycles. The molecule has 2 fully saturated rings. The Hall–Kier alpha value is -1.75. The summed E-state index contributed by atoms with van der Waals surface area (Å²) >= 11 is 0. The topological polar surface area (TPSA) is 91.0 Å². The third-order valence-electron chi connectivity index (χ3n) is 4.54. The van der Waals surface area contributed by atoms with Crippen LogP contribution in [0.1, 0.15) is 25.7 Å². The van der Waals surface area contributed by atoms with Gasteiger partial charge in [-0.05, 0) is 49.9 Å². The highest BCUT2D eigenvalue weighted by Gasteiger charge is 2.34. The van der Waals surface area contributed by atoms with Crippen molar-refractivity contribution in [2.24, 2.45) is 0 Å². The average Bonchev–Trinajstić information content (AvgIpc) is 3.18. The third kappa shape index (κ3) is 4.70. The number of hydroxylamine groups is 1. The Morgan fingerprint density at radius 2 is 1.62 bits per heavy atom. The molecule has 0 radical (unpaired) electrons. The number of benzene rings is 1. The van der Waals surface area contributed by atoms with E-state index in [9.17, 15) is 17.6 Å². The van der Waals surface area contributed by atoms with Crippen molar-refractivity contribution in [1.29, 1.82) is 0 Å². The van der Waals surface area contributed by atoms with E-state index < -0.39 is 16.2 Å². The number of anilines is 1. The number of hydrogen-bond acceptors (Lipinski definition) is 4. The zero-order chi connectivity index (χ0) is 18.6. The predicted molar refractivity (Wildman–Crippen MR) is 94.0 cm³/mol. The Balaban J connectivity index is 1.41. The van der Waals surface area contributed by atoms with E-state index in [2.05, 4.69) is 10.8 Å². The van der Waals surface area contributed by atoms with Crippen molar-refractivity contribution in [1.82, 2.24) is 14.1 Å². The van der Waals surface area contributed by atoms with Crippen molar-refractivity contribution in [2.75, 3.05) is 31.5 Å². The second-order valence-electron chi connectivity index (χ2n) is 6.39. The first-order valence-electron chi connectivity index (χ1n) is 8.68. The van der Waals surface area contributed by atoms with Crippen LogP contribution in [0.5, 0.6) is 0 Å². The molecule has 2 N–H and O–H groups in total. The first-order chi connectivity index (χ1) is 12.4. The molecule has 1 aromatic carbocycles. The largest absolute Gasteiger partial charge is 0.343 e. The summed E-state index contributed by atoms with van der Waals surface area (Å²) in [6.07, 6.45) is 2.57. The van der Waals surface area contributed by atoms with Crippen molar-refractivity contribution < 1.29 is 22.4 Å². The number of hydrogen-bond donors (Lipinski definition) is 2. The molecule has 26 heavy (non-hydrogen) atoms. The lowest BCUT2D eigenvalue weighted by Gasteiger charge is -2.33. The highest BCUT2D eigenvalue weighted by molar-refractivity contribution is 7.86. The fourth-order valence-electron chi connectivity index (χ4n) is 3.09. The zero-order valence-corrected chi connectivity index (χ0v) is 15.2. The minimum Gasteiger partial charge on any atom is -0.306 e. The highest BCUT2D eigenvalue weighted by atomic mass is 32.2. The Kier molecular flexibility index (Phi) is 6.07. The van der Waals surface area contributed by atoms with Crippen LogP contribution in [0.15, 0.2) is 24.3 Å². The SMILES string of the molecule is O=C(NOC1CCN(S(=O)(=O)N2CCCC2)CC1)Nc1ccc(F)cc1. The number of piperidine rings is 1. The molecule has 0 bridgehead atoms. The minimum absolute atomic E-state index is 0.251. The molecule has 1 aromatic rings. The van der Waals surface area contributed by atoms with Crippen molar-refractivity contribution in [2.45, 2.75) is 31.8 Å². The van der Waals surface area contributed by atoms with E-state index in [-0.39, 0.29) is 11.9 Å². The van der Waals surface area contributed by atoms with Gasteiger partial charge in [0.15, 0.2) is 0 Å². The van der Waals surface area contributed by atoms with Gasteiger partial charge < -0.3 is 5.32 Å². The standard InChI is InChI=1S/C16H23FN4O4S/c17-13-3-5-14(6-4-13)18-16(22)19-25-15-7-11-21(12-8-15)26(23,24)20-9-1-2-10-20/h3-6,15H,1-2,7-12H2,(H2,18,19,22). The van der Waals surface area contributed by atoms with Gasteiger partial charge in [-0.3, -0.25) is 4.84 Å². The molecule has 2 amide bonds. The normalized spacial score (nSPS) is 20.2. The lowest BCUT2D eigenvalue weighted by Crippen LogP contribution is -2.48. The molecule has 0 atom stereocenters. The lowest BCUT2D eigenvalue weighted by atomic mass is 10.1. The monoisotopic (exact) mass is 386 g/mol. The minimum atomic E-state index is -3.38. The number of nitrogens with zero attached hydrogens (tertiary/aromatic N) is 2. The number of carbonyl (C=O) groups is 1. The summed E-state index contributed by atoms with van der Waals surface area (Å²) in [5, 5.41) is 2.52. The number of carbonyl (C=O) groups excluding carboxylic acids is 1. The van der Waals surface area contributed by atoms with Gasteiger partial charge in [-0.15, -0.1) is 0 Å². The maximum atomic E-state index is 12.8. The fraction of sp³-hybridized carbons (Fsp3) is 0.562. The lowest BCUT2D eigenvalue weighted by molar-refractivity contribution is -0.0250. The summed E-state index contributed by atoms with van der Waals surface area (Å²) < 4.78 is 40.8. The van der Waals surface area contributed by atoms with Crippen LogP contribution in [-0.2, 0) is 15.0 Å². The van der Waals surface area contributed by atoms with Crippen LogP contribution >= 0.6 is 0 Å². The van der Waals surface area contributed by atoms with E-state index in [1.165, 1.54) is 32.9 Å². The maximum Gasteiger partial charge on any atom is 0.343 e. The summed E-state index contributed by atoms with van der Waals surface area (Å²) in [5.41, 5.74) is 2.75. The number of amides is 2. The highest BCUT2D eigenvalue weighted by Crippen LogP contribution is 2.21. The van der Waals surface area contributed by atoms with Crippen LogP contribution in [0.4, 0.5) is 14.9 Å². The van der Waals surface area contributed by atoms with Gasteiger partial charge in [0.25, 0.3) is 10.2 Å². The van der Waals surface area contributed by atoms with Gasteiger partial charge in [-0.2, -0.15) is 17.0 Å².